The number of hydrogen-bond acceptors (Lipinski definition) is 3. The number of anilines is 8. The van der Waals surface area contributed by atoms with Crippen LogP contribution in [0.2, 0.25) is 0 Å². The summed E-state index contributed by atoms with van der Waals surface area (Å²) in [4.78, 5) is 8.17. The van der Waals surface area contributed by atoms with Crippen LogP contribution < -0.4 is 31.1 Å². The topological polar surface area (TPSA) is 9.72 Å². The van der Waals surface area contributed by atoms with E-state index in [9.17, 15) is 0 Å². The molecule has 7 aromatic rings. The highest BCUT2D eigenvalue weighted by Crippen LogP contribution is 2.61. The van der Waals surface area contributed by atoms with Crippen molar-refractivity contribution in [2.75, 3.05) is 14.7 Å². The fraction of sp³-hybridized carbons (Fsp3) is 0.408. The van der Waals surface area contributed by atoms with E-state index in [1.807, 2.05) is 0 Å². The van der Waals surface area contributed by atoms with Crippen LogP contribution in [0.4, 0.5) is 45.5 Å². The van der Waals surface area contributed by atoms with Crippen LogP contribution in [-0.2, 0) is 27.1 Å². The Morgan fingerprint density at radius 2 is 0.960 bits per heavy atom. The molecule has 7 aromatic carbocycles. The molecular weight excluding hydrogens is 906 g/mol. The molecular formula is C71H84BN3. The van der Waals surface area contributed by atoms with Gasteiger partial charge in [0.1, 0.15) is 0 Å². The van der Waals surface area contributed by atoms with Gasteiger partial charge in [-0.25, -0.2) is 0 Å². The molecule has 1 fully saturated rings. The molecule has 386 valence electrons. The van der Waals surface area contributed by atoms with E-state index in [0.717, 1.165) is 6.42 Å². The zero-order valence-electron chi connectivity index (χ0n) is 48.5. The second-order valence-electron chi connectivity index (χ2n) is 28.0. The molecule has 75 heavy (non-hydrogen) atoms. The Morgan fingerprint density at radius 1 is 0.440 bits per heavy atom. The molecule has 3 aliphatic heterocycles. The summed E-state index contributed by atoms with van der Waals surface area (Å²) in [5.74, 6) is 0.472. The van der Waals surface area contributed by atoms with Crippen molar-refractivity contribution in [3.05, 3.63) is 173 Å². The fourth-order valence-corrected chi connectivity index (χ4v) is 13.6. The monoisotopic (exact) mass is 990 g/mol. The second-order valence-corrected chi connectivity index (χ2v) is 28.0. The van der Waals surface area contributed by atoms with Gasteiger partial charge in [-0.1, -0.05) is 208 Å². The average Bonchev–Trinajstić information content (AvgIpc) is 3.53. The molecule has 1 saturated carbocycles. The fourth-order valence-electron chi connectivity index (χ4n) is 13.6. The van der Waals surface area contributed by atoms with E-state index in [1.165, 1.54) is 138 Å². The summed E-state index contributed by atoms with van der Waals surface area (Å²) in [7, 11) is 0. The predicted octanol–water partition coefficient (Wildman–Crippen LogP) is 18.3. The molecule has 0 aromatic heterocycles. The molecule has 2 unspecified atom stereocenters. The summed E-state index contributed by atoms with van der Waals surface area (Å²) in [6.07, 6.45) is 7.49. The van der Waals surface area contributed by atoms with Gasteiger partial charge < -0.3 is 14.7 Å². The lowest BCUT2D eigenvalue weighted by atomic mass is 9.33. The van der Waals surface area contributed by atoms with Crippen LogP contribution in [0.3, 0.4) is 0 Å². The van der Waals surface area contributed by atoms with E-state index in [0.29, 0.717) is 5.92 Å². The van der Waals surface area contributed by atoms with Crippen LogP contribution >= 0.6 is 0 Å². The molecule has 0 bridgehead atoms. The summed E-state index contributed by atoms with van der Waals surface area (Å²) in [6.45, 7) is 38.2. The molecule has 4 heteroatoms. The van der Waals surface area contributed by atoms with Crippen molar-refractivity contribution in [2.45, 2.75) is 188 Å². The van der Waals surface area contributed by atoms with Gasteiger partial charge >= 0.3 is 0 Å². The van der Waals surface area contributed by atoms with Crippen LogP contribution in [-0.4, -0.2) is 12.3 Å². The normalized spacial score (nSPS) is 19.5. The van der Waals surface area contributed by atoms with E-state index in [-0.39, 0.29) is 39.3 Å². The zero-order valence-corrected chi connectivity index (χ0v) is 48.5. The standard InChI is InChI=1S/C71H84BN3/c1-46(2)48-26-36-60-56(40-48)70(15)38-22-17-18-23-39-71(70,16)75(60)54-33-35-58-62(45-54)73(53-31-27-49(28-32-53)66(3,4)5)63-43-52(69(12,13)14)44-64-65(63)72(58)57-34-29-51(68(9,10)11)42-61(57)74(64)59-37-30-50(67(6,7)8)41-55(59)47-24-20-19-21-25-47/h19-21,24-37,40-46H,17-18,22-23,38-39H2,1-16H3. The molecule has 0 spiro atoms. The van der Waals surface area contributed by atoms with Crippen molar-refractivity contribution in [1.82, 2.24) is 0 Å². The van der Waals surface area contributed by atoms with Crippen LogP contribution in [0.1, 0.15) is 189 Å². The largest absolute Gasteiger partial charge is 0.334 e. The van der Waals surface area contributed by atoms with Crippen molar-refractivity contribution >= 4 is 68.6 Å². The van der Waals surface area contributed by atoms with Gasteiger partial charge in [0, 0.05) is 50.8 Å². The first-order valence-corrected chi connectivity index (χ1v) is 28.6. The van der Waals surface area contributed by atoms with Crippen LogP contribution in [0, 0.1) is 0 Å². The van der Waals surface area contributed by atoms with Gasteiger partial charge in [-0.3, -0.25) is 0 Å². The molecule has 0 radical (unpaired) electrons. The third-order valence-electron chi connectivity index (χ3n) is 18.5. The first-order chi connectivity index (χ1) is 35.3. The SMILES string of the molecule is CC(C)c1ccc2c(c1)C1(C)CCCCCCC1(C)N2c1ccc2c(c1)N(c1ccc(C(C)(C)C)cc1)c1cc(C(C)(C)C)cc3c1B2c1ccc(C(C)(C)C)cc1N3c1ccc(C(C)(C)C)cc1-c1ccccc1. The molecule has 3 nitrogen and oxygen atoms in total. The van der Waals surface area contributed by atoms with Gasteiger partial charge in [0.15, 0.2) is 0 Å². The van der Waals surface area contributed by atoms with E-state index in [4.69, 9.17) is 0 Å². The van der Waals surface area contributed by atoms with Crippen LogP contribution in [0.25, 0.3) is 11.1 Å². The Bertz CT molecular complexity index is 3330. The summed E-state index contributed by atoms with van der Waals surface area (Å²) >= 11 is 0. The van der Waals surface area contributed by atoms with Crippen molar-refractivity contribution in [3.8, 4) is 11.1 Å². The Labute approximate surface area is 452 Å². The third-order valence-corrected chi connectivity index (χ3v) is 18.5. The molecule has 11 rings (SSSR count). The smallest absolute Gasteiger partial charge is 0.252 e. The lowest BCUT2D eigenvalue weighted by Crippen LogP contribution is -2.61. The van der Waals surface area contributed by atoms with Crippen LogP contribution in [0.15, 0.2) is 140 Å². The van der Waals surface area contributed by atoms with Gasteiger partial charge in [-0.05, 0) is 163 Å². The Balaban J connectivity index is 1.23. The van der Waals surface area contributed by atoms with Gasteiger partial charge in [-0.2, -0.15) is 0 Å². The lowest BCUT2D eigenvalue weighted by molar-refractivity contribution is 0.217. The molecule has 4 aliphatic rings. The van der Waals surface area contributed by atoms with Gasteiger partial charge in [0.25, 0.3) is 6.71 Å². The highest BCUT2D eigenvalue weighted by atomic mass is 15.3. The average molecular weight is 990 g/mol. The molecule has 0 amide bonds. The minimum Gasteiger partial charge on any atom is -0.334 e. The maximum absolute atomic E-state index is 2.82. The zero-order chi connectivity index (χ0) is 53.4. The summed E-state index contributed by atoms with van der Waals surface area (Å²) in [6, 6.07) is 55.8. The maximum atomic E-state index is 2.82. The van der Waals surface area contributed by atoms with Crippen molar-refractivity contribution in [1.29, 1.82) is 0 Å². The van der Waals surface area contributed by atoms with E-state index < -0.39 is 0 Å². The van der Waals surface area contributed by atoms with Gasteiger partial charge in [0.05, 0.1) is 11.2 Å². The predicted molar refractivity (Wildman–Crippen MR) is 327 cm³/mol. The third kappa shape index (κ3) is 8.38. The molecule has 1 aliphatic carbocycles. The minimum atomic E-state index is -0.145. The first kappa shape index (κ1) is 51.1. The Hall–Kier alpha value is -6.00. The van der Waals surface area contributed by atoms with E-state index in [1.54, 1.807) is 0 Å². The van der Waals surface area contributed by atoms with Gasteiger partial charge in [-0.15, -0.1) is 0 Å². The molecule has 0 saturated heterocycles. The first-order valence-electron chi connectivity index (χ1n) is 28.6. The summed E-state index contributed by atoms with van der Waals surface area (Å²) < 4.78 is 0. The number of nitrogens with zero attached hydrogens (tertiary/aromatic N) is 3. The maximum Gasteiger partial charge on any atom is 0.252 e. The Morgan fingerprint density at radius 3 is 1.59 bits per heavy atom. The van der Waals surface area contributed by atoms with Crippen molar-refractivity contribution in [2.24, 2.45) is 0 Å². The molecule has 0 N–H and O–H groups in total. The number of rotatable bonds is 5. The highest BCUT2D eigenvalue weighted by molar-refractivity contribution is 7.00. The quantitative estimate of drug-likeness (QED) is 0.159. The van der Waals surface area contributed by atoms with Crippen LogP contribution in [0.5, 0.6) is 0 Å². The highest BCUT2D eigenvalue weighted by Gasteiger charge is 2.57. The number of benzene rings is 7. The summed E-state index contributed by atoms with van der Waals surface area (Å²) in [5.41, 5.74) is 24.7. The minimum absolute atomic E-state index is 0.00540. The molecule has 3 heterocycles. The van der Waals surface area contributed by atoms with Crippen molar-refractivity contribution in [3.63, 3.8) is 0 Å². The number of hydrogen-bond donors (Lipinski definition) is 0. The molecule has 2 atom stereocenters. The lowest BCUT2D eigenvalue weighted by Gasteiger charge is -2.49. The van der Waals surface area contributed by atoms with E-state index >= 15 is 0 Å². The van der Waals surface area contributed by atoms with Gasteiger partial charge in [0.2, 0.25) is 0 Å². The second kappa shape index (κ2) is 17.8. The summed E-state index contributed by atoms with van der Waals surface area (Å²) in [5, 5.41) is 0. The van der Waals surface area contributed by atoms with E-state index in [2.05, 4.69) is 265 Å². The number of fused-ring (bicyclic) bond motifs is 7. The Kier molecular flexibility index (Phi) is 12.1. The van der Waals surface area contributed by atoms with Crippen molar-refractivity contribution < 1.29 is 0 Å².